The molecule has 0 amide bonds. The Morgan fingerprint density at radius 2 is 1.71 bits per heavy atom. The van der Waals surface area contributed by atoms with Crippen molar-refractivity contribution in [3.63, 3.8) is 0 Å². The van der Waals surface area contributed by atoms with Crippen molar-refractivity contribution in [1.82, 2.24) is 9.97 Å². The van der Waals surface area contributed by atoms with Crippen LogP contribution in [0.25, 0.3) is 0 Å². The Labute approximate surface area is 128 Å². The summed E-state index contributed by atoms with van der Waals surface area (Å²) in [5.74, 6) is 0.0602. The van der Waals surface area contributed by atoms with E-state index in [0.717, 1.165) is 23.8 Å². The van der Waals surface area contributed by atoms with E-state index in [-0.39, 0.29) is 5.82 Å². The van der Waals surface area contributed by atoms with Crippen molar-refractivity contribution in [3.05, 3.63) is 47.1 Å². The number of aromatic nitrogens is 2. The lowest BCUT2D eigenvalue weighted by atomic mass is 10.2. The molecule has 1 fully saturated rings. The van der Waals surface area contributed by atoms with Gasteiger partial charge in [0.05, 0.1) is 16.4 Å². The van der Waals surface area contributed by atoms with Gasteiger partial charge in [-0.2, -0.15) is 0 Å². The van der Waals surface area contributed by atoms with Crippen LogP contribution in [0.1, 0.15) is 5.69 Å². The van der Waals surface area contributed by atoms with Crippen LogP contribution in [0.4, 0.5) is 15.9 Å². The van der Waals surface area contributed by atoms with Crippen molar-refractivity contribution in [2.24, 2.45) is 0 Å². The van der Waals surface area contributed by atoms with Crippen LogP contribution in [-0.4, -0.2) is 36.1 Å². The van der Waals surface area contributed by atoms with Crippen molar-refractivity contribution in [2.75, 3.05) is 36.0 Å². The molecule has 0 unspecified atom stereocenters. The summed E-state index contributed by atoms with van der Waals surface area (Å²) in [6.07, 6.45) is 1.41. The maximum absolute atomic E-state index is 14.1. The number of anilines is 2. The molecule has 1 saturated heterocycles. The van der Waals surface area contributed by atoms with E-state index in [9.17, 15) is 4.39 Å². The van der Waals surface area contributed by atoms with Gasteiger partial charge < -0.3 is 9.80 Å². The van der Waals surface area contributed by atoms with Crippen molar-refractivity contribution < 1.29 is 4.39 Å². The molecule has 4 nitrogen and oxygen atoms in total. The van der Waals surface area contributed by atoms with Gasteiger partial charge in [-0.3, -0.25) is 0 Å². The Hall–Kier alpha value is -1.88. The van der Waals surface area contributed by atoms with Gasteiger partial charge in [-0.1, -0.05) is 23.7 Å². The first kappa shape index (κ1) is 14.1. The van der Waals surface area contributed by atoms with Crippen LogP contribution in [0, 0.1) is 12.7 Å². The lowest BCUT2D eigenvalue weighted by Crippen LogP contribution is -2.47. The Morgan fingerprint density at radius 1 is 1.05 bits per heavy atom. The molecule has 0 bridgehead atoms. The highest BCUT2D eigenvalue weighted by atomic mass is 35.5. The Bertz CT molecular complexity index is 641. The van der Waals surface area contributed by atoms with Crippen molar-refractivity contribution in [1.29, 1.82) is 0 Å². The first-order valence-electron chi connectivity index (χ1n) is 6.88. The van der Waals surface area contributed by atoms with E-state index < -0.39 is 0 Å². The van der Waals surface area contributed by atoms with Crippen molar-refractivity contribution in [2.45, 2.75) is 6.92 Å². The van der Waals surface area contributed by atoms with Crippen LogP contribution in [0.2, 0.25) is 5.02 Å². The zero-order valence-electron chi connectivity index (χ0n) is 11.8. The van der Waals surface area contributed by atoms with Crippen molar-refractivity contribution >= 4 is 23.1 Å². The average Bonchev–Trinajstić information content (AvgIpc) is 2.51. The summed E-state index contributed by atoms with van der Waals surface area (Å²) in [4.78, 5) is 12.1. The number of piperazine rings is 1. The highest BCUT2D eigenvalue weighted by Crippen LogP contribution is 2.27. The number of hydrogen-bond acceptors (Lipinski definition) is 4. The molecule has 0 atom stereocenters. The first-order chi connectivity index (χ1) is 10.2. The van der Waals surface area contributed by atoms with Gasteiger partial charge in [0.25, 0.3) is 0 Å². The SMILES string of the molecule is Cc1ncnc(N2CCN(c3ccccc3Cl)CC2)c1F. The second-order valence-electron chi connectivity index (χ2n) is 5.02. The monoisotopic (exact) mass is 306 g/mol. The fourth-order valence-corrected chi connectivity index (χ4v) is 2.79. The minimum atomic E-state index is -0.330. The highest BCUT2D eigenvalue weighted by Gasteiger charge is 2.22. The molecule has 1 aromatic carbocycles. The standard InChI is InChI=1S/C15H16ClFN4/c1-11-14(17)15(19-10-18-11)21-8-6-20(7-9-21)13-5-3-2-4-12(13)16/h2-5,10H,6-9H2,1H3. The molecule has 0 N–H and O–H groups in total. The fraction of sp³-hybridized carbons (Fsp3) is 0.333. The number of rotatable bonds is 2. The second kappa shape index (κ2) is 5.85. The molecular weight excluding hydrogens is 291 g/mol. The normalized spacial score (nSPS) is 15.4. The molecule has 3 rings (SSSR count). The number of benzene rings is 1. The van der Waals surface area contributed by atoms with E-state index in [0.29, 0.717) is 24.6 Å². The molecule has 1 aliphatic heterocycles. The molecule has 110 valence electrons. The minimum absolute atomic E-state index is 0.330. The third-order valence-corrected chi connectivity index (χ3v) is 4.04. The molecule has 21 heavy (non-hydrogen) atoms. The Morgan fingerprint density at radius 3 is 2.43 bits per heavy atom. The van der Waals surface area contributed by atoms with Crippen LogP contribution in [0.5, 0.6) is 0 Å². The van der Waals surface area contributed by atoms with E-state index in [1.807, 2.05) is 29.2 Å². The van der Waals surface area contributed by atoms with E-state index in [2.05, 4.69) is 14.9 Å². The van der Waals surface area contributed by atoms with Crippen LogP contribution in [0.3, 0.4) is 0 Å². The summed E-state index contributed by atoms with van der Waals surface area (Å²) in [5, 5.41) is 0.745. The van der Waals surface area contributed by atoms with Crippen LogP contribution in [0.15, 0.2) is 30.6 Å². The van der Waals surface area contributed by atoms with Crippen molar-refractivity contribution in [3.8, 4) is 0 Å². The van der Waals surface area contributed by atoms with Gasteiger partial charge in [-0.25, -0.2) is 14.4 Å². The zero-order valence-corrected chi connectivity index (χ0v) is 12.5. The smallest absolute Gasteiger partial charge is 0.186 e. The largest absolute Gasteiger partial charge is 0.367 e. The van der Waals surface area contributed by atoms with Crippen LogP contribution < -0.4 is 9.80 Å². The van der Waals surface area contributed by atoms with Gasteiger partial charge >= 0.3 is 0 Å². The number of nitrogens with zero attached hydrogens (tertiary/aromatic N) is 4. The summed E-state index contributed by atoms with van der Waals surface area (Å²) in [7, 11) is 0. The molecule has 0 radical (unpaired) electrons. The molecule has 2 heterocycles. The Balaban J connectivity index is 1.74. The van der Waals surface area contributed by atoms with Gasteiger partial charge in [-0.05, 0) is 19.1 Å². The van der Waals surface area contributed by atoms with Gasteiger partial charge in [-0.15, -0.1) is 0 Å². The average molecular weight is 307 g/mol. The summed E-state index contributed by atoms with van der Waals surface area (Å²) in [6.45, 7) is 4.64. The molecule has 0 aliphatic carbocycles. The molecule has 0 spiro atoms. The van der Waals surface area contributed by atoms with Gasteiger partial charge in [0.1, 0.15) is 6.33 Å². The maximum atomic E-state index is 14.1. The predicted molar refractivity (Wildman–Crippen MR) is 82.6 cm³/mol. The molecule has 2 aromatic rings. The minimum Gasteiger partial charge on any atom is -0.367 e. The van der Waals surface area contributed by atoms with E-state index in [1.54, 1.807) is 6.92 Å². The fourth-order valence-electron chi connectivity index (χ4n) is 2.53. The third-order valence-electron chi connectivity index (χ3n) is 3.72. The summed E-state index contributed by atoms with van der Waals surface area (Å²) < 4.78 is 14.1. The van der Waals surface area contributed by atoms with Crippen LogP contribution >= 0.6 is 11.6 Å². The quantitative estimate of drug-likeness (QED) is 0.854. The predicted octanol–water partition coefficient (Wildman–Crippen LogP) is 2.90. The van der Waals surface area contributed by atoms with E-state index in [4.69, 9.17) is 11.6 Å². The number of para-hydroxylation sites is 1. The number of halogens is 2. The van der Waals surface area contributed by atoms with Gasteiger partial charge in [0, 0.05) is 26.2 Å². The number of hydrogen-bond donors (Lipinski definition) is 0. The lowest BCUT2D eigenvalue weighted by molar-refractivity contribution is 0.574. The third kappa shape index (κ3) is 2.78. The molecular formula is C15H16ClFN4. The highest BCUT2D eigenvalue weighted by molar-refractivity contribution is 6.33. The molecule has 0 saturated carbocycles. The summed E-state index contributed by atoms with van der Waals surface area (Å²) in [6, 6.07) is 7.78. The number of aryl methyl sites for hydroxylation is 1. The second-order valence-corrected chi connectivity index (χ2v) is 5.43. The Kier molecular flexibility index (Phi) is 3.92. The van der Waals surface area contributed by atoms with E-state index in [1.165, 1.54) is 6.33 Å². The topological polar surface area (TPSA) is 32.3 Å². The van der Waals surface area contributed by atoms with Gasteiger partial charge in [0.15, 0.2) is 11.6 Å². The van der Waals surface area contributed by atoms with Crippen LogP contribution in [-0.2, 0) is 0 Å². The molecule has 1 aliphatic rings. The zero-order chi connectivity index (χ0) is 14.8. The van der Waals surface area contributed by atoms with E-state index >= 15 is 0 Å². The summed E-state index contributed by atoms with van der Waals surface area (Å²) in [5.41, 5.74) is 1.41. The first-order valence-corrected chi connectivity index (χ1v) is 7.26. The molecule has 6 heteroatoms. The van der Waals surface area contributed by atoms with Gasteiger partial charge in [0.2, 0.25) is 0 Å². The maximum Gasteiger partial charge on any atom is 0.186 e. The summed E-state index contributed by atoms with van der Waals surface area (Å²) >= 11 is 6.22. The lowest BCUT2D eigenvalue weighted by Gasteiger charge is -2.37. The molecule has 1 aromatic heterocycles.